The Morgan fingerprint density at radius 2 is 1.85 bits per heavy atom. The van der Waals surface area contributed by atoms with Crippen molar-refractivity contribution in [3.05, 3.63) is 53.7 Å². The Balaban J connectivity index is 1.96. The first-order chi connectivity index (χ1) is 12.9. The molecular weight excluding hydrogens is 382 g/mol. The predicted octanol–water partition coefficient (Wildman–Crippen LogP) is 2.52. The Bertz CT molecular complexity index is 848. The average Bonchev–Trinajstić information content (AvgIpc) is 2.66. The molecule has 2 amide bonds. The summed E-state index contributed by atoms with van der Waals surface area (Å²) >= 11 is 0.0858. The second-order valence-electron chi connectivity index (χ2n) is 4.89. The highest BCUT2D eigenvalue weighted by atomic mass is 32.2. The van der Waals surface area contributed by atoms with Crippen molar-refractivity contribution in [1.82, 2.24) is 10.3 Å². The number of carbonyl (C=O) groups excluding carboxylic acids is 3. The number of amides is 2. The van der Waals surface area contributed by atoms with Crippen molar-refractivity contribution in [3.8, 4) is 5.75 Å². The fourth-order valence-corrected chi connectivity index (χ4v) is 2.56. The van der Waals surface area contributed by atoms with Crippen LogP contribution in [0.4, 0.5) is 8.78 Å². The van der Waals surface area contributed by atoms with Crippen molar-refractivity contribution in [2.24, 2.45) is 0 Å². The summed E-state index contributed by atoms with van der Waals surface area (Å²) in [6, 6.07) is 8.87. The van der Waals surface area contributed by atoms with Gasteiger partial charge in [-0.05, 0) is 36.0 Å². The van der Waals surface area contributed by atoms with Crippen LogP contribution in [-0.4, -0.2) is 42.2 Å². The largest absolute Gasteiger partial charge is 0.496 e. The van der Waals surface area contributed by atoms with E-state index < -0.39 is 30.1 Å². The summed E-state index contributed by atoms with van der Waals surface area (Å²) in [6.07, 6.45) is 1.25. The lowest BCUT2D eigenvalue weighted by Crippen LogP contribution is -2.34. The molecule has 1 aromatic carbocycles. The number of carbonyl (C=O) groups is 3. The maximum Gasteiger partial charge on any atom is 0.341 e. The number of para-hydroxylation sites is 1. The average molecular weight is 396 g/mol. The van der Waals surface area contributed by atoms with Gasteiger partial charge in [0.1, 0.15) is 10.8 Å². The van der Waals surface area contributed by atoms with E-state index in [-0.39, 0.29) is 33.7 Å². The van der Waals surface area contributed by atoms with Gasteiger partial charge < -0.3 is 9.47 Å². The first-order valence-corrected chi connectivity index (χ1v) is 8.34. The number of aromatic nitrogens is 1. The number of benzene rings is 1. The van der Waals surface area contributed by atoms with Gasteiger partial charge in [-0.2, -0.15) is 8.78 Å². The van der Waals surface area contributed by atoms with E-state index in [9.17, 15) is 23.2 Å². The van der Waals surface area contributed by atoms with E-state index in [2.05, 4.69) is 4.98 Å². The number of thioether (sulfide) groups is 1. The standard InChI is InChI=1S/C17H14F2N2O5S/c1-25-12-7-3-2-5-10(12)14(23)21-13(22)9-26-16(24)11-6-4-8-20-15(11)27-17(18)19/h2-8,17H,9H2,1H3,(H,21,22,23). The molecule has 10 heteroatoms. The lowest BCUT2D eigenvalue weighted by molar-refractivity contribution is -0.123. The molecule has 0 saturated carbocycles. The van der Waals surface area contributed by atoms with Gasteiger partial charge >= 0.3 is 5.97 Å². The number of imide groups is 1. The van der Waals surface area contributed by atoms with E-state index in [1.54, 1.807) is 18.2 Å². The number of pyridine rings is 1. The first kappa shape index (κ1) is 20.3. The van der Waals surface area contributed by atoms with Crippen LogP contribution < -0.4 is 10.1 Å². The third-order valence-electron chi connectivity index (χ3n) is 3.13. The predicted molar refractivity (Wildman–Crippen MR) is 91.8 cm³/mol. The van der Waals surface area contributed by atoms with Crippen LogP contribution in [0.2, 0.25) is 0 Å². The molecule has 2 rings (SSSR count). The number of hydrogen-bond donors (Lipinski definition) is 1. The lowest BCUT2D eigenvalue weighted by Gasteiger charge is -2.09. The van der Waals surface area contributed by atoms with Gasteiger partial charge in [0.25, 0.3) is 17.6 Å². The summed E-state index contributed by atoms with van der Waals surface area (Å²) in [4.78, 5) is 39.6. The molecule has 0 fully saturated rings. The lowest BCUT2D eigenvalue weighted by atomic mass is 10.2. The molecular formula is C17H14F2N2O5S. The van der Waals surface area contributed by atoms with E-state index >= 15 is 0 Å². The zero-order valence-electron chi connectivity index (χ0n) is 14.0. The Hall–Kier alpha value is -3.01. The molecule has 0 aliphatic carbocycles. The van der Waals surface area contributed by atoms with Gasteiger partial charge in [-0.3, -0.25) is 14.9 Å². The summed E-state index contributed by atoms with van der Waals surface area (Å²) in [5.74, 6) is -5.13. The Kier molecular flexibility index (Phi) is 7.24. The van der Waals surface area contributed by atoms with Gasteiger partial charge in [0.05, 0.1) is 18.2 Å². The van der Waals surface area contributed by atoms with Gasteiger partial charge in [-0.25, -0.2) is 9.78 Å². The van der Waals surface area contributed by atoms with Crippen molar-refractivity contribution >= 4 is 29.5 Å². The number of esters is 1. The minimum Gasteiger partial charge on any atom is -0.496 e. The summed E-state index contributed by atoms with van der Waals surface area (Å²) in [6.45, 7) is -0.770. The minimum absolute atomic E-state index is 0.0858. The SMILES string of the molecule is COc1ccccc1C(=O)NC(=O)COC(=O)c1cccnc1SC(F)F. The second kappa shape index (κ2) is 9.62. The summed E-state index contributed by atoms with van der Waals surface area (Å²) in [5.41, 5.74) is -0.0748. The van der Waals surface area contributed by atoms with Crippen molar-refractivity contribution < 1.29 is 32.6 Å². The molecule has 0 unspecified atom stereocenters. The van der Waals surface area contributed by atoms with E-state index in [1.165, 1.54) is 31.5 Å². The summed E-state index contributed by atoms with van der Waals surface area (Å²) in [7, 11) is 1.37. The molecule has 0 atom stereocenters. The fraction of sp³-hybridized carbons (Fsp3) is 0.176. The number of alkyl halides is 2. The second-order valence-corrected chi connectivity index (χ2v) is 5.87. The summed E-state index contributed by atoms with van der Waals surface area (Å²) in [5, 5.41) is 1.83. The van der Waals surface area contributed by atoms with Crippen LogP contribution >= 0.6 is 11.8 Å². The fourth-order valence-electron chi connectivity index (χ4n) is 2.00. The topological polar surface area (TPSA) is 94.6 Å². The third-order valence-corrected chi connectivity index (χ3v) is 3.86. The number of hydrogen-bond acceptors (Lipinski definition) is 7. The molecule has 2 aromatic rings. The molecule has 142 valence electrons. The van der Waals surface area contributed by atoms with E-state index in [0.29, 0.717) is 0 Å². The van der Waals surface area contributed by atoms with Crippen LogP contribution in [0, 0.1) is 0 Å². The van der Waals surface area contributed by atoms with Crippen molar-refractivity contribution in [2.45, 2.75) is 10.8 Å². The number of rotatable bonds is 7. The molecule has 0 bridgehead atoms. The molecule has 1 aromatic heterocycles. The van der Waals surface area contributed by atoms with Crippen LogP contribution in [0.5, 0.6) is 5.75 Å². The van der Waals surface area contributed by atoms with Crippen molar-refractivity contribution in [1.29, 1.82) is 0 Å². The molecule has 0 aliphatic rings. The van der Waals surface area contributed by atoms with Crippen LogP contribution in [0.25, 0.3) is 0 Å². The molecule has 1 N–H and O–H groups in total. The highest BCUT2D eigenvalue weighted by Crippen LogP contribution is 2.26. The number of methoxy groups -OCH3 is 1. The number of nitrogens with one attached hydrogen (secondary N) is 1. The Labute approximate surface area is 157 Å². The van der Waals surface area contributed by atoms with E-state index in [4.69, 9.17) is 9.47 Å². The number of halogens is 2. The maximum absolute atomic E-state index is 12.5. The minimum atomic E-state index is -2.77. The van der Waals surface area contributed by atoms with Gasteiger partial charge in [-0.15, -0.1) is 0 Å². The van der Waals surface area contributed by atoms with Gasteiger partial charge in [0.15, 0.2) is 6.61 Å². The molecule has 0 aliphatic heterocycles. The highest BCUT2D eigenvalue weighted by molar-refractivity contribution is 7.99. The van der Waals surface area contributed by atoms with Crippen LogP contribution in [0.15, 0.2) is 47.6 Å². The van der Waals surface area contributed by atoms with Gasteiger partial charge in [0, 0.05) is 6.20 Å². The molecule has 0 radical (unpaired) electrons. The number of ether oxygens (including phenoxy) is 2. The van der Waals surface area contributed by atoms with Crippen molar-refractivity contribution in [3.63, 3.8) is 0 Å². The smallest absolute Gasteiger partial charge is 0.341 e. The van der Waals surface area contributed by atoms with Crippen LogP contribution in [0.1, 0.15) is 20.7 Å². The number of nitrogens with zero attached hydrogens (tertiary/aromatic N) is 1. The molecule has 7 nitrogen and oxygen atoms in total. The van der Waals surface area contributed by atoms with E-state index in [1.807, 2.05) is 5.32 Å². The normalized spacial score (nSPS) is 10.4. The highest BCUT2D eigenvalue weighted by Gasteiger charge is 2.20. The monoisotopic (exact) mass is 396 g/mol. The van der Waals surface area contributed by atoms with Crippen LogP contribution in [-0.2, 0) is 9.53 Å². The zero-order chi connectivity index (χ0) is 19.8. The maximum atomic E-state index is 12.5. The summed E-state index contributed by atoms with van der Waals surface area (Å²) < 4.78 is 34.8. The third kappa shape index (κ3) is 5.74. The molecule has 0 spiro atoms. The van der Waals surface area contributed by atoms with Gasteiger partial charge in [-0.1, -0.05) is 12.1 Å². The van der Waals surface area contributed by atoms with E-state index in [0.717, 1.165) is 0 Å². The zero-order valence-corrected chi connectivity index (χ0v) is 14.8. The molecule has 27 heavy (non-hydrogen) atoms. The quantitative estimate of drug-likeness (QED) is 0.568. The van der Waals surface area contributed by atoms with Crippen molar-refractivity contribution in [2.75, 3.05) is 13.7 Å². The Morgan fingerprint density at radius 1 is 1.15 bits per heavy atom. The first-order valence-electron chi connectivity index (χ1n) is 7.46. The molecule has 1 heterocycles. The molecule has 0 saturated heterocycles. The van der Waals surface area contributed by atoms with Gasteiger partial charge in [0.2, 0.25) is 0 Å². The van der Waals surface area contributed by atoms with Crippen LogP contribution in [0.3, 0.4) is 0 Å². The Morgan fingerprint density at radius 3 is 2.56 bits per heavy atom.